The Morgan fingerprint density at radius 2 is 1.55 bits per heavy atom. The van der Waals surface area contributed by atoms with Gasteiger partial charge in [0.1, 0.15) is 0 Å². The monoisotopic (exact) mass is 302 g/mol. The Kier molecular flexibility index (Phi) is 10.9. The zero-order chi connectivity index (χ0) is 15.9. The van der Waals surface area contributed by atoms with Gasteiger partial charge in [0.05, 0.1) is 6.21 Å². The van der Waals surface area contributed by atoms with Crippen LogP contribution in [0.15, 0.2) is 35.4 Å². The highest BCUT2D eigenvalue weighted by molar-refractivity contribution is 5.82. The van der Waals surface area contributed by atoms with E-state index < -0.39 is 0 Å². The molecule has 1 aromatic carbocycles. The molecule has 1 amide bonds. The molecule has 0 aliphatic heterocycles. The van der Waals surface area contributed by atoms with E-state index in [9.17, 15) is 4.79 Å². The third kappa shape index (κ3) is 10.1. The molecular formula is C19H30N2O. The van der Waals surface area contributed by atoms with Crippen molar-refractivity contribution in [3.63, 3.8) is 0 Å². The van der Waals surface area contributed by atoms with Crippen LogP contribution in [0.2, 0.25) is 0 Å². The number of amides is 1. The summed E-state index contributed by atoms with van der Waals surface area (Å²) < 4.78 is 0. The molecule has 1 rings (SSSR count). The SMILES string of the molecule is CCCCCCCCCCCC(=O)N/N=C\c1ccccc1. The van der Waals surface area contributed by atoms with Crippen molar-refractivity contribution in [2.45, 2.75) is 71.1 Å². The average Bonchev–Trinajstić information content (AvgIpc) is 2.54. The van der Waals surface area contributed by atoms with Crippen LogP contribution >= 0.6 is 0 Å². The molecule has 0 radical (unpaired) electrons. The molecule has 0 bridgehead atoms. The smallest absolute Gasteiger partial charge is 0.240 e. The first-order chi connectivity index (χ1) is 10.8. The molecule has 1 N–H and O–H groups in total. The Hall–Kier alpha value is -1.64. The largest absolute Gasteiger partial charge is 0.273 e. The summed E-state index contributed by atoms with van der Waals surface area (Å²) in [6.07, 6.45) is 13.6. The predicted octanol–water partition coefficient (Wildman–Crippen LogP) is 5.06. The van der Waals surface area contributed by atoms with Crippen molar-refractivity contribution in [2.75, 3.05) is 0 Å². The first kappa shape index (κ1) is 18.4. The Bertz CT molecular complexity index is 415. The lowest BCUT2D eigenvalue weighted by Crippen LogP contribution is -2.16. The zero-order valence-electron chi connectivity index (χ0n) is 13.9. The normalized spacial score (nSPS) is 11.0. The lowest BCUT2D eigenvalue weighted by molar-refractivity contribution is -0.121. The van der Waals surface area contributed by atoms with Gasteiger partial charge in [0.2, 0.25) is 5.91 Å². The molecule has 0 saturated heterocycles. The van der Waals surface area contributed by atoms with Gasteiger partial charge in [-0.05, 0) is 12.0 Å². The number of nitrogens with one attached hydrogen (secondary N) is 1. The Labute approximate surface area is 135 Å². The van der Waals surface area contributed by atoms with Crippen LogP contribution in [-0.2, 0) is 4.79 Å². The summed E-state index contributed by atoms with van der Waals surface area (Å²) in [7, 11) is 0. The third-order valence-electron chi connectivity index (χ3n) is 3.71. The van der Waals surface area contributed by atoms with Crippen LogP contribution in [-0.4, -0.2) is 12.1 Å². The molecule has 122 valence electrons. The van der Waals surface area contributed by atoms with Crippen molar-refractivity contribution in [1.82, 2.24) is 5.43 Å². The van der Waals surface area contributed by atoms with Crippen molar-refractivity contribution in [1.29, 1.82) is 0 Å². The molecule has 0 fully saturated rings. The first-order valence-electron chi connectivity index (χ1n) is 8.70. The quantitative estimate of drug-likeness (QED) is 0.327. The van der Waals surface area contributed by atoms with Crippen LogP contribution in [0, 0.1) is 0 Å². The highest BCUT2D eigenvalue weighted by Crippen LogP contribution is 2.10. The zero-order valence-corrected chi connectivity index (χ0v) is 13.9. The van der Waals surface area contributed by atoms with E-state index in [2.05, 4.69) is 17.5 Å². The summed E-state index contributed by atoms with van der Waals surface area (Å²) in [4.78, 5) is 11.6. The van der Waals surface area contributed by atoms with Crippen molar-refractivity contribution in [3.8, 4) is 0 Å². The number of hydrazone groups is 1. The molecule has 0 aliphatic rings. The third-order valence-corrected chi connectivity index (χ3v) is 3.71. The fourth-order valence-electron chi connectivity index (χ4n) is 2.37. The fraction of sp³-hybridized carbons (Fsp3) is 0.579. The van der Waals surface area contributed by atoms with Gasteiger partial charge in [-0.15, -0.1) is 0 Å². The van der Waals surface area contributed by atoms with E-state index in [1.165, 1.54) is 44.9 Å². The molecular weight excluding hydrogens is 272 g/mol. The molecule has 0 saturated carbocycles. The van der Waals surface area contributed by atoms with E-state index >= 15 is 0 Å². The van der Waals surface area contributed by atoms with Crippen LogP contribution in [0.1, 0.15) is 76.7 Å². The number of benzene rings is 1. The van der Waals surface area contributed by atoms with Crippen molar-refractivity contribution in [2.24, 2.45) is 5.10 Å². The molecule has 0 heterocycles. The highest BCUT2D eigenvalue weighted by atomic mass is 16.2. The molecule has 1 aromatic rings. The summed E-state index contributed by atoms with van der Waals surface area (Å²) in [6.45, 7) is 2.24. The van der Waals surface area contributed by atoms with Crippen LogP contribution in [0.4, 0.5) is 0 Å². The van der Waals surface area contributed by atoms with E-state index in [1.807, 2.05) is 30.3 Å². The summed E-state index contributed by atoms with van der Waals surface area (Å²) in [5.41, 5.74) is 3.58. The minimum atomic E-state index is 0.00938. The number of carbonyl (C=O) groups is 1. The summed E-state index contributed by atoms with van der Waals surface area (Å²) in [5.74, 6) is 0.00938. The fourth-order valence-corrected chi connectivity index (χ4v) is 2.37. The van der Waals surface area contributed by atoms with E-state index in [-0.39, 0.29) is 5.91 Å². The summed E-state index contributed by atoms with van der Waals surface area (Å²) in [6, 6.07) is 9.77. The topological polar surface area (TPSA) is 41.5 Å². The Balaban J connectivity index is 1.94. The molecule has 0 aliphatic carbocycles. The lowest BCUT2D eigenvalue weighted by atomic mass is 10.1. The van der Waals surface area contributed by atoms with Crippen LogP contribution in [0.5, 0.6) is 0 Å². The lowest BCUT2D eigenvalue weighted by Gasteiger charge is -2.02. The Morgan fingerprint density at radius 3 is 2.18 bits per heavy atom. The van der Waals surface area contributed by atoms with Gasteiger partial charge in [0, 0.05) is 6.42 Å². The second-order valence-electron chi connectivity index (χ2n) is 5.78. The van der Waals surface area contributed by atoms with E-state index in [0.29, 0.717) is 6.42 Å². The number of hydrogen-bond donors (Lipinski definition) is 1. The van der Waals surface area contributed by atoms with Crippen molar-refractivity contribution in [3.05, 3.63) is 35.9 Å². The van der Waals surface area contributed by atoms with Crippen LogP contribution in [0.25, 0.3) is 0 Å². The summed E-state index contributed by atoms with van der Waals surface area (Å²) in [5, 5.41) is 3.97. The number of nitrogens with zero attached hydrogens (tertiary/aromatic N) is 1. The maximum Gasteiger partial charge on any atom is 0.240 e. The minimum Gasteiger partial charge on any atom is -0.273 e. The van der Waals surface area contributed by atoms with Crippen LogP contribution < -0.4 is 5.43 Å². The highest BCUT2D eigenvalue weighted by Gasteiger charge is 1.99. The maximum absolute atomic E-state index is 11.6. The van der Waals surface area contributed by atoms with Gasteiger partial charge in [-0.3, -0.25) is 4.79 Å². The van der Waals surface area contributed by atoms with Crippen molar-refractivity contribution >= 4 is 12.1 Å². The van der Waals surface area contributed by atoms with E-state index in [4.69, 9.17) is 0 Å². The molecule has 3 heteroatoms. The maximum atomic E-state index is 11.6. The molecule has 3 nitrogen and oxygen atoms in total. The molecule has 0 aromatic heterocycles. The van der Waals surface area contributed by atoms with Crippen molar-refractivity contribution < 1.29 is 4.79 Å². The van der Waals surface area contributed by atoms with E-state index in [0.717, 1.165) is 18.4 Å². The summed E-state index contributed by atoms with van der Waals surface area (Å²) >= 11 is 0. The second kappa shape index (κ2) is 13.1. The number of hydrogen-bond acceptors (Lipinski definition) is 2. The first-order valence-corrected chi connectivity index (χ1v) is 8.70. The predicted molar refractivity (Wildman–Crippen MR) is 94.0 cm³/mol. The standard InChI is InChI=1S/C19H30N2O/c1-2-3-4-5-6-7-8-9-13-16-19(22)21-20-17-18-14-11-10-12-15-18/h10-12,14-15,17H,2-9,13,16H2,1H3,(H,21,22)/b20-17-. The number of rotatable bonds is 12. The van der Waals surface area contributed by atoms with Gasteiger partial charge in [-0.25, -0.2) is 5.43 Å². The number of carbonyl (C=O) groups excluding carboxylic acids is 1. The van der Waals surface area contributed by atoms with Gasteiger partial charge in [-0.1, -0.05) is 88.6 Å². The Morgan fingerprint density at radius 1 is 0.955 bits per heavy atom. The number of unbranched alkanes of at least 4 members (excludes halogenated alkanes) is 8. The second-order valence-corrected chi connectivity index (χ2v) is 5.78. The molecule has 22 heavy (non-hydrogen) atoms. The van der Waals surface area contributed by atoms with E-state index in [1.54, 1.807) is 6.21 Å². The van der Waals surface area contributed by atoms with Crippen LogP contribution in [0.3, 0.4) is 0 Å². The minimum absolute atomic E-state index is 0.00938. The molecule has 0 spiro atoms. The van der Waals surface area contributed by atoms with Gasteiger partial charge in [-0.2, -0.15) is 5.10 Å². The average molecular weight is 302 g/mol. The van der Waals surface area contributed by atoms with Gasteiger partial charge < -0.3 is 0 Å². The van der Waals surface area contributed by atoms with Gasteiger partial charge in [0.25, 0.3) is 0 Å². The molecule has 0 atom stereocenters. The molecule has 0 unspecified atom stereocenters. The van der Waals surface area contributed by atoms with Gasteiger partial charge in [0.15, 0.2) is 0 Å². The van der Waals surface area contributed by atoms with Gasteiger partial charge >= 0.3 is 0 Å².